The highest BCUT2D eigenvalue weighted by Crippen LogP contribution is 2.25. The van der Waals surface area contributed by atoms with Gasteiger partial charge >= 0.3 is 0 Å². The summed E-state index contributed by atoms with van der Waals surface area (Å²) in [6.45, 7) is 10.4. The Balaban J connectivity index is 0.00000312. The van der Waals surface area contributed by atoms with Crippen molar-refractivity contribution >= 4 is 41.3 Å². The highest BCUT2D eigenvalue weighted by atomic mass is 127. The maximum atomic E-state index is 4.39. The van der Waals surface area contributed by atoms with Gasteiger partial charge in [-0.1, -0.05) is 38.1 Å². The smallest absolute Gasteiger partial charge is 0.191 e. The van der Waals surface area contributed by atoms with Crippen molar-refractivity contribution in [3.63, 3.8) is 0 Å². The molecule has 0 fully saturated rings. The summed E-state index contributed by atoms with van der Waals surface area (Å²) in [7, 11) is 1.81. The summed E-state index contributed by atoms with van der Waals surface area (Å²) in [6.07, 6.45) is 2.85. The molecular weight excluding hydrogens is 443 g/mol. The van der Waals surface area contributed by atoms with E-state index < -0.39 is 0 Å². The lowest BCUT2D eigenvalue weighted by Gasteiger charge is -2.28. The van der Waals surface area contributed by atoms with Gasteiger partial charge in [0.15, 0.2) is 5.96 Å². The zero-order valence-corrected chi connectivity index (χ0v) is 18.9. The van der Waals surface area contributed by atoms with Crippen LogP contribution < -0.4 is 10.6 Å². The lowest BCUT2D eigenvalue weighted by Crippen LogP contribution is -2.44. The molecule has 2 aromatic rings. The molecule has 0 saturated heterocycles. The van der Waals surface area contributed by atoms with Gasteiger partial charge < -0.3 is 10.6 Å². The fraction of sp³-hybridized carbons (Fsp3) is 0.474. The minimum Gasteiger partial charge on any atom is -0.356 e. The molecule has 2 N–H and O–H groups in total. The molecule has 6 heteroatoms. The Bertz CT molecular complexity index is 694. The summed E-state index contributed by atoms with van der Waals surface area (Å²) in [4.78, 5) is 9.97. The number of nitrogens with one attached hydrogen (secondary N) is 2. The average molecular weight is 472 g/mol. The molecule has 1 aromatic carbocycles. The Hall–Kier alpha value is -1.15. The number of rotatable bonds is 6. The van der Waals surface area contributed by atoms with Crippen LogP contribution in [0.3, 0.4) is 0 Å². The van der Waals surface area contributed by atoms with Gasteiger partial charge in [-0.15, -0.1) is 35.3 Å². The molecule has 0 atom stereocenters. The van der Waals surface area contributed by atoms with Crippen molar-refractivity contribution in [2.45, 2.75) is 39.5 Å². The topological polar surface area (TPSA) is 49.3 Å². The van der Waals surface area contributed by atoms with Gasteiger partial charge in [-0.2, -0.15) is 0 Å². The Labute approximate surface area is 172 Å². The number of thiazole rings is 1. The number of halogens is 1. The summed E-state index contributed by atoms with van der Waals surface area (Å²) in [6, 6.07) is 8.56. The maximum Gasteiger partial charge on any atom is 0.191 e. The molecule has 0 aliphatic heterocycles. The predicted octanol–water partition coefficient (Wildman–Crippen LogP) is 4.06. The molecule has 0 aliphatic carbocycles. The van der Waals surface area contributed by atoms with E-state index in [4.69, 9.17) is 0 Å². The standard InChI is InChI=1S/C19H28N4S.HI/c1-14-8-6-7-9-16(14)19(3,4)13-23-18(20-5)21-11-10-17-22-12-15(2)24-17;/h6-9,12H,10-11,13H2,1-5H3,(H2,20,21,23);1H. The minimum absolute atomic E-state index is 0. The first-order chi connectivity index (χ1) is 11.4. The number of aromatic nitrogens is 1. The lowest BCUT2D eigenvalue weighted by molar-refractivity contribution is 0.506. The van der Waals surface area contributed by atoms with E-state index in [0.29, 0.717) is 0 Å². The second-order valence-electron chi connectivity index (χ2n) is 6.67. The molecule has 0 amide bonds. The number of nitrogens with zero attached hydrogens (tertiary/aromatic N) is 2. The van der Waals surface area contributed by atoms with Gasteiger partial charge in [0.1, 0.15) is 0 Å². The average Bonchev–Trinajstić information content (AvgIpc) is 2.96. The van der Waals surface area contributed by atoms with E-state index in [0.717, 1.165) is 30.5 Å². The van der Waals surface area contributed by atoms with Crippen LogP contribution in [0.15, 0.2) is 35.5 Å². The highest BCUT2D eigenvalue weighted by molar-refractivity contribution is 14.0. The summed E-state index contributed by atoms with van der Waals surface area (Å²) < 4.78 is 0. The van der Waals surface area contributed by atoms with Crippen molar-refractivity contribution in [3.05, 3.63) is 51.5 Å². The summed E-state index contributed by atoms with van der Waals surface area (Å²) >= 11 is 1.75. The SMILES string of the molecule is CN=C(NCCc1ncc(C)s1)NCC(C)(C)c1ccccc1C.I. The zero-order valence-electron chi connectivity index (χ0n) is 15.7. The van der Waals surface area contributed by atoms with Crippen LogP contribution in [0.4, 0.5) is 0 Å². The van der Waals surface area contributed by atoms with Gasteiger partial charge in [0.25, 0.3) is 0 Å². The molecule has 0 radical (unpaired) electrons. The van der Waals surface area contributed by atoms with Gasteiger partial charge in [0.2, 0.25) is 0 Å². The molecule has 4 nitrogen and oxygen atoms in total. The molecule has 2 rings (SSSR count). The van der Waals surface area contributed by atoms with Gasteiger partial charge in [0.05, 0.1) is 5.01 Å². The summed E-state index contributed by atoms with van der Waals surface area (Å²) in [5.74, 6) is 0.838. The summed E-state index contributed by atoms with van der Waals surface area (Å²) in [5.41, 5.74) is 2.73. The van der Waals surface area contributed by atoms with Gasteiger partial charge in [-0.3, -0.25) is 4.99 Å². The monoisotopic (exact) mass is 472 g/mol. The van der Waals surface area contributed by atoms with Gasteiger partial charge in [-0.05, 0) is 25.0 Å². The van der Waals surface area contributed by atoms with Crippen molar-refractivity contribution in [1.29, 1.82) is 0 Å². The molecule has 1 aromatic heterocycles. The number of aryl methyl sites for hydroxylation is 2. The van der Waals surface area contributed by atoms with Crippen molar-refractivity contribution in [2.75, 3.05) is 20.1 Å². The molecule has 25 heavy (non-hydrogen) atoms. The molecule has 0 saturated carbocycles. The Morgan fingerprint density at radius 3 is 2.52 bits per heavy atom. The van der Waals surface area contributed by atoms with Crippen LogP contribution in [0.1, 0.15) is 34.9 Å². The van der Waals surface area contributed by atoms with Crippen molar-refractivity contribution in [1.82, 2.24) is 15.6 Å². The van der Waals surface area contributed by atoms with E-state index in [1.54, 1.807) is 11.3 Å². The van der Waals surface area contributed by atoms with Crippen LogP contribution in [0.2, 0.25) is 0 Å². The Morgan fingerprint density at radius 1 is 1.20 bits per heavy atom. The first-order valence-electron chi connectivity index (χ1n) is 8.34. The fourth-order valence-corrected chi connectivity index (χ4v) is 3.54. The molecule has 0 bridgehead atoms. The number of aliphatic imine (C=N–C) groups is 1. The second kappa shape index (κ2) is 10.1. The van der Waals surface area contributed by atoms with Crippen LogP contribution in [0, 0.1) is 13.8 Å². The van der Waals surface area contributed by atoms with Crippen LogP contribution >= 0.6 is 35.3 Å². The summed E-state index contributed by atoms with van der Waals surface area (Å²) in [5, 5.41) is 7.98. The van der Waals surface area contributed by atoms with Crippen LogP contribution in [-0.4, -0.2) is 31.1 Å². The van der Waals surface area contributed by atoms with Gasteiger partial charge in [0, 0.05) is 43.0 Å². The molecule has 1 heterocycles. The minimum atomic E-state index is 0. The number of hydrogen-bond acceptors (Lipinski definition) is 3. The van der Waals surface area contributed by atoms with E-state index in [9.17, 15) is 0 Å². The van der Waals surface area contributed by atoms with E-state index >= 15 is 0 Å². The first kappa shape index (κ1) is 21.9. The second-order valence-corrected chi connectivity index (χ2v) is 7.99. The normalized spacial score (nSPS) is 11.8. The number of hydrogen-bond donors (Lipinski definition) is 2. The Kier molecular flexibility index (Phi) is 8.85. The van der Waals surface area contributed by atoms with E-state index in [1.165, 1.54) is 16.0 Å². The van der Waals surface area contributed by atoms with E-state index in [-0.39, 0.29) is 29.4 Å². The highest BCUT2D eigenvalue weighted by Gasteiger charge is 2.22. The Morgan fingerprint density at radius 2 is 1.92 bits per heavy atom. The zero-order chi connectivity index (χ0) is 17.6. The largest absolute Gasteiger partial charge is 0.356 e. The quantitative estimate of drug-likeness (QED) is 0.379. The van der Waals surface area contributed by atoms with Crippen LogP contribution in [0.25, 0.3) is 0 Å². The fourth-order valence-electron chi connectivity index (χ4n) is 2.76. The number of benzene rings is 1. The molecule has 0 spiro atoms. The number of guanidine groups is 1. The lowest BCUT2D eigenvalue weighted by atomic mass is 9.82. The van der Waals surface area contributed by atoms with Crippen molar-refractivity contribution in [3.8, 4) is 0 Å². The molecular formula is C19H29IN4S. The van der Waals surface area contributed by atoms with Crippen LogP contribution in [0.5, 0.6) is 0 Å². The van der Waals surface area contributed by atoms with E-state index in [2.05, 4.69) is 72.6 Å². The third-order valence-corrected chi connectivity index (χ3v) is 5.07. The third-order valence-electron chi connectivity index (χ3n) is 4.10. The van der Waals surface area contributed by atoms with Crippen molar-refractivity contribution < 1.29 is 0 Å². The van der Waals surface area contributed by atoms with Crippen LogP contribution in [-0.2, 0) is 11.8 Å². The van der Waals surface area contributed by atoms with E-state index in [1.807, 2.05) is 13.2 Å². The predicted molar refractivity (Wildman–Crippen MR) is 120 cm³/mol. The molecule has 0 aliphatic rings. The maximum absolute atomic E-state index is 4.39. The first-order valence-corrected chi connectivity index (χ1v) is 9.16. The third kappa shape index (κ3) is 6.58. The molecule has 0 unspecified atom stereocenters. The van der Waals surface area contributed by atoms with Gasteiger partial charge in [-0.25, -0.2) is 4.98 Å². The van der Waals surface area contributed by atoms with Crippen molar-refractivity contribution in [2.24, 2.45) is 4.99 Å². The molecule has 138 valence electrons.